The highest BCUT2D eigenvalue weighted by molar-refractivity contribution is 7.89. The van der Waals surface area contributed by atoms with Crippen LogP contribution in [0.15, 0.2) is 53.4 Å². The topological polar surface area (TPSA) is 66.5 Å². The number of nitrogens with zero attached hydrogens (tertiary/aromatic N) is 1. The van der Waals surface area contributed by atoms with Gasteiger partial charge in [-0.2, -0.15) is 4.31 Å². The summed E-state index contributed by atoms with van der Waals surface area (Å²) >= 11 is 0. The van der Waals surface area contributed by atoms with Crippen molar-refractivity contribution in [3.63, 3.8) is 0 Å². The molecule has 1 aliphatic carbocycles. The Morgan fingerprint density at radius 2 is 1.79 bits per heavy atom. The first-order valence-electron chi connectivity index (χ1n) is 9.93. The highest BCUT2D eigenvalue weighted by Crippen LogP contribution is 2.31. The van der Waals surface area contributed by atoms with Crippen LogP contribution in [0.3, 0.4) is 0 Å². The van der Waals surface area contributed by atoms with Gasteiger partial charge in [0.05, 0.1) is 10.9 Å². The van der Waals surface area contributed by atoms with Crippen LogP contribution in [0.25, 0.3) is 0 Å². The van der Waals surface area contributed by atoms with Crippen molar-refractivity contribution in [1.29, 1.82) is 0 Å². The molecule has 1 aliphatic heterocycles. The summed E-state index contributed by atoms with van der Waals surface area (Å²) in [6.07, 6.45) is 4.20. The van der Waals surface area contributed by atoms with Crippen LogP contribution < -0.4 is 5.32 Å². The van der Waals surface area contributed by atoms with Crippen LogP contribution in [-0.2, 0) is 21.2 Å². The molecule has 0 radical (unpaired) electrons. The zero-order valence-electron chi connectivity index (χ0n) is 16.1. The lowest BCUT2D eigenvalue weighted by molar-refractivity contribution is -0.125. The molecule has 0 spiro atoms. The second-order valence-electron chi connectivity index (χ2n) is 7.74. The molecule has 0 unspecified atom stereocenters. The van der Waals surface area contributed by atoms with E-state index in [0.717, 1.165) is 30.4 Å². The molecule has 4 rings (SSSR count). The van der Waals surface area contributed by atoms with Crippen LogP contribution in [0.4, 0.5) is 0 Å². The van der Waals surface area contributed by atoms with Gasteiger partial charge in [-0.15, -0.1) is 0 Å². The fourth-order valence-corrected chi connectivity index (χ4v) is 5.96. The Bertz CT molecular complexity index is 970. The average Bonchev–Trinajstić information content (AvgIpc) is 3.20. The predicted molar refractivity (Wildman–Crippen MR) is 108 cm³/mol. The SMILES string of the molecule is Cc1ccc(S(=O)(=O)N2CCC[C@H]2C(=O)N[C@@H]2CCCc3ccccc32)cc1. The van der Waals surface area contributed by atoms with Gasteiger partial charge >= 0.3 is 0 Å². The summed E-state index contributed by atoms with van der Waals surface area (Å²) in [5.41, 5.74) is 3.44. The van der Waals surface area contributed by atoms with Crippen molar-refractivity contribution in [3.8, 4) is 0 Å². The van der Waals surface area contributed by atoms with Gasteiger partial charge in [-0.25, -0.2) is 8.42 Å². The average molecular weight is 399 g/mol. The molecule has 2 atom stereocenters. The molecule has 2 aromatic carbocycles. The maximum absolute atomic E-state index is 13.1. The van der Waals surface area contributed by atoms with Crippen LogP contribution in [0.1, 0.15) is 48.4 Å². The van der Waals surface area contributed by atoms with E-state index in [2.05, 4.69) is 17.4 Å². The lowest BCUT2D eigenvalue weighted by Crippen LogP contribution is -2.47. The number of carbonyl (C=O) groups excluding carboxylic acids is 1. The number of sulfonamides is 1. The molecule has 28 heavy (non-hydrogen) atoms. The second-order valence-corrected chi connectivity index (χ2v) is 9.63. The Hall–Kier alpha value is -2.18. The maximum Gasteiger partial charge on any atom is 0.243 e. The quantitative estimate of drug-likeness (QED) is 0.859. The summed E-state index contributed by atoms with van der Waals surface area (Å²) in [6, 6.07) is 14.3. The molecule has 1 N–H and O–H groups in total. The van der Waals surface area contributed by atoms with Crippen molar-refractivity contribution < 1.29 is 13.2 Å². The standard InChI is InChI=1S/C22H26N2O3S/c1-16-11-13-18(14-12-16)28(26,27)24-15-5-10-21(24)22(25)23-20-9-4-7-17-6-2-3-8-19(17)20/h2-3,6,8,11-14,20-21H,4-5,7,9-10,15H2,1H3,(H,23,25)/t20-,21+/m1/s1. The van der Waals surface area contributed by atoms with Crippen LogP contribution in [0.2, 0.25) is 0 Å². The van der Waals surface area contributed by atoms with E-state index >= 15 is 0 Å². The van der Waals surface area contributed by atoms with Gasteiger partial charge in [-0.3, -0.25) is 4.79 Å². The third kappa shape index (κ3) is 3.59. The molecular weight excluding hydrogens is 372 g/mol. The van der Waals surface area contributed by atoms with E-state index in [1.54, 1.807) is 24.3 Å². The Labute approximate surface area is 166 Å². The first-order chi connectivity index (χ1) is 13.5. The monoisotopic (exact) mass is 398 g/mol. The summed E-state index contributed by atoms with van der Waals surface area (Å²) in [4.78, 5) is 13.3. The Kier molecular flexibility index (Phi) is 5.25. The lowest BCUT2D eigenvalue weighted by Gasteiger charge is -2.29. The Morgan fingerprint density at radius 3 is 2.57 bits per heavy atom. The molecule has 1 heterocycles. The van der Waals surface area contributed by atoms with Gasteiger partial charge in [0.25, 0.3) is 0 Å². The Balaban J connectivity index is 1.54. The highest BCUT2D eigenvalue weighted by atomic mass is 32.2. The van der Waals surface area contributed by atoms with Gasteiger partial charge in [0.15, 0.2) is 0 Å². The molecule has 5 nitrogen and oxygen atoms in total. The third-order valence-corrected chi connectivity index (χ3v) is 7.74. The number of fused-ring (bicyclic) bond motifs is 1. The number of hydrogen-bond acceptors (Lipinski definition) is 3. The molecule has 0 bridgehead atoms. The van der Waals surface area contributed by atoms with Crippen LogP contribution in [-0.4, -0.2) is 31.2 Å². The van der Waals surface area contributed by atoms with E-state index < -0.39 is 16.1 Å². The smallest absolute Gasteiger partial charge is 0.243 e. The van der Waals surface area contributed by atoms with Gasteiger partial charge in [0, 0.05) is 6.54 Å². The van der Waals surface area contributed by atoms with E-state index in [9.17, 15) is 13.2 Å². The first kappa shape index (κ1) is 19.2. The molecule has 2 aliphatic rings. The number of rotatable bonds is 4. The van der Waals surface area contributed by atoms with E-state index in [1.165, 1.54) is 9.87 Å². The predicted octanol–water partition coefficient (Wildman–Crippen LogP) is 3.34. The zero-order chi connectivity index (χ0) is 19.7. The molecule has 1 saturated heterocycles. The van der Waals surface area contributed by atoms with Gasteiger partial charge in [-0.1, -0.05) is 42.0 Å². The summed E-state index contributed by atoms with van der Waals surface area (Å²) in [6.45, 7) is 2.31. The largest absolute Gasteiger partial charge is 0.348 e. The molecule has 6 heteroatoms. The minimum atomic E-state index is -3.68. The van der Waals surface area contributed by atoms with E-state index in [0.29, 0.717) is 19.4 Å². The number of carbonyl (C=O) groups is 1. The lowest BCUT2D eigenvalue weighted by atomic mass is 9.87. The van der Waals surface area contributed by atoms with Gasteiger partial charge < -0.3 is 5.32 Å². The van der Waals surface area contributed by atoms with Crippen molar-refractivity contribution in [2.24, 2.45) is 0 Å². The minimum absolute atomic E-state index is 0.0398. The maximum atomic E-state index is 13.1. The molecule has 148 valence electrons. The van der Waals surface area contributed by atoms with E-state index in [4.69, 9.17) is 0 Å². The molecule has 1 amide bonds. The van der Waals surface area contributed by atoms with Crippen LogP contribution in [0, 0.1) is 6.92 Å². The third-order valence-electron chi connectivity index (χ3n) is 5.82. The van der Waals surface area contributed by atoms with Crippen LogP contribution in [0.5, 0.6) is 0 Å². The normalized spacial score (nSPS) is 22.6. The molecule has 2 aromatic rings. The number of nitrogens with one attached hydrogen (secondary N) is 1. The molecule has 0 aromatic heterocycles. The van der Waals surface area contributed by atoms with E-state index in [1.807, 2.05) is 19.1 Å². The fourth-order valence-electron chi connectivity index (χ4n) is 4.31. The first-order valence-corrected chi connectivity index (χ1v) is 11.4. The van der Waals surface area contributed by atoms with Gasteiger partial charge in [0.1, 0.15) is 6.04 Å². The number of hydrogen-bond donors (Lipinski definition) is 1. The highest BCUT2D eigenvalue weighted by Gasteiger charge is 2.40. The van der Waals surface area contributed by atoms with Crippen molar-refractivity contribution in [1.82, 2.24) is 9.62 Å². The molecular formula is C22H26N2O3S. The van der Waals surface area contributed by atoms with Crippen molar-refractivity contribution >= 4 is 15.9 Å². The summed E-state index contributed by atoms with van der Waals surface area (Å²) in [5, 5.41) is 3.13. The summed E-state index contributed by atoms with van der Waals surface area (Å²) < 4.78 is 27.6. The van der Waals surface area contributed by atoms with Gasteiger partial charge in [0.2, 0.25) is 15.9 Å². The van der Waals surface area contributed by atoms with Gasteiger partial charge in [-0.05, 0) is 62.3 Å². The molecule has 1 fully saturated rings. The Morgan fingerprint density at radius 1 is 1.04 bits per heavy atom. The van der Waals surface area contributed by atoms with Crippen LogP contribution >= 0.6 is 0 Å². The van der Waals surface area contributed by atoms with E-state index in [-0.39, 0.29) is 16.8 Å². The zero-order valence-corrected chi connectivity index (χ0v) is 16.9. The fraction of sp³-hybridized carbons (Fsp3) is 0.409. The molecule has 0 saturated carbocycles. The van der Waals surface area contributed by atoms with Crippen molar-refractivity contribution in [3.05, 3.63) is 65.2 Å². The number of benzene rings is 2. The summed E-state index contributed by atoms with van der Waals surface area (Å²) in [7, 11) is -3.68. The van der Waals surface area contributed by atoms with Crippen molar-refractivity contribution in [2.75, 3.05) is 6.54 Å². The minimum Gasteiger partial charge on any atom is -0.348 e. The van der Waals surface area contributed by atoms with Crippen molar-refractivity contribution in [2.45, 2.75) is 56.0 Å². The number of aryl methyl sites for hydroxylation is 2. The number of amides is 1. The summed E-state index contributed by atoms with van der Waals surface area (Å²) in [5.74, 6) is -0.185. The second kappa shape index (κ2) is 7.68.